The minimum Gasteiger partial charge on any atom is -0.301 e. The number of hydrogen-bond acceptors (Lipinski definition) is 4. The second kappa shape index (κ2) is 5.54. The zero-order valence-corrected chi connectivity index (χ0v) is 11.8. The molecule has 0 aliphatic heterocycles. The lowest BCUT2D eigenvalue weighted by atomic mass is 10.1. The maximum Gasteiger partial charge on any atom is 0.191 e. The average molecular weight is 343 g/mol. The summed E-state index contributed by atoms with van der Waals surface area (Å²) in [6, 6.07) is 8.79. The van der Waals surface area contributed by atoms with Gasteiger partial charge in [-0.2, -0.15) is 5.21 Å². The molecule has 6 heteroatoms. The van der Waals surface area contributed by atoms with Gasteiger partial charge < -0.3 is 5.32 Å². The quantitative estimate of drug-likeness (QED) is 0.836. The summed E-state index contributed by atoms with van der Waals surface area (Å²) in [4.78, 5) is 0. The number of nitrogens with zero attached hydrogens (tertiary/aromatic N) is 3. The van der Waals surface area contributed by atoms with Crippen LogP contribution < -0.4 is 5.32 Å². The molecule has 0 radical (unpaired) electrons. The fraction of sp³-hybridized carbons (Fsp3) is 0.364. The molecule has 2 N–H and O–H groups in total. The van der Waals surface area contributed by atoms with Crippen molar-refractivity contribution in [1.29, 1.82) is 0 Å². The van der Waals surface area contributed by atoms with E-state index in [-0.39, 0.29) is 12.1 Å². The SMILES string of the molecule is CC(NC(C)c1nn[nH]n1)c1ccc(I)cc1. The van der Waals surface area contributed by atoms with E-state index in [1.54, 1.807) is 0 Å². The second-order valence-corrected chi connectivity index (χ2v) is 5.18. The van der Waals surface area contributed by atoms with E-state index in [9.17, 15) is 0 Å². The second-order valence-electron chi connectivity index (χ2n) is 3.93. The number of H-pyrrole nitrogens is 1. The van der Waals surface area contributed by atoms with Crippen molar-refractivity contribution < 1.29 is 0 Å². The van der Waals surface area contributed by atoms with Crippen molar-refractivity contribution >= 4 is 22.6 Å². The molecular weight excluding hydrogens is 329 g/mol. The fourth-order valence-corrected chi connectivity index (χ4v) is 2.01. The van der Waals surface area contributed by atoms with Gasteiger partial charge >= 0.3 is 0 Å². The lowest BCUT2D eigenvalue weighted by Gasteiger charge is -2.18. The van der Waals surface area contributed by atoms with E-state index in [0.29, 0.717) is 5.82 Å². The van der Waals surface area contributed by atoms with E-state index in [1.807, 2.05) is 6.92 Å². The third-order valence-corrected chi connectivity index (χ3v) is 3.34. The Kier molecular flexibility index (Phi) is 4.06. The molecule has 17 heavy (non-hydrogen) atoms. The third kappa shape index (κ3) is 3.22. The summed E-state index contributed by atoms with van der Waals surface area (Å²) in [7, 11) is 0. The van der Waals surface area contributed by atoms with Gasteiger partial charge in [-0.15, -0.1) is 10.2 Å². The maximum absolute atomic E-state index is 3.97. The van der Waals surface area contributed by atoms with Crippen molar-refractivity contribution in [3.05, 3.63) is 39.2 Å². The predicted octanol–water partition coefficient (Wildman–Crippen LogP) is 2.22. The van der Waals surface area contributed by atoms with Crippen LogP contribution in [0.1, 0.15) is 37.3 Å². The molecule has 1 aromatic carbocycles. The molecular formula is C11H14IN5. The van der Waals surface area contributed by atoms with Crippen LogP contribution in [-0.2, 0) is 0 Å². The molecule has 0 saturated heterocycles. The standard InChI is InChI=1S/C11H14IN5/c1-7(9-3-5-10(12)6-4-9)13-8(2)11-14-16-17-15-11/h3-8,13H,1-2H3,(H,14,15,16,17). The zero-order valence-electron chi connectivity index (χ0n) is 9.68. The molecule has 0 saturated carbocycles. The molecule has 2 rings (SSSR count). The van der Waals surface area contributed by atoms with Crippen molar-refractivity contribution in [1.82, 2.24) is 25.9 Å². The lowest BCUT2D eigenvalue weighted by Crippen LogP contribution is -2.23. The highest BCUT2D eigenvalue weighted by atomic mass is 127. The Bertz CT molecular complexity index is 453. The van der Waals surface area contributed by atoms with E-state index in [2.05, 4.69) is 79.7 Å². The molecule has 0 fully saturated rings. The van der Waals surface area contributed by atoms with Crippen LogP contribution in [0.15, 0.2) is 24.3 Å². The Labute approximate surface area is 114 Å². The first kappa shape index (κ1) is 12.4. The minimum atomic E-state index is 0.0722. The highest BCUT2D eigenvalue weighted by Gasteiger charge is 2.14. The molecule has 1 heterocycles. The highest BCUT2D eigenvalue weighted by molar-refractivity contribution is 14.1. The van der Waals surface area contributed by atoms with Crippen LogP contribution in [-0.4, -0.2) is 20.6 Å². The van der Waals surface area contributed by atoms with Crippen LogP contribution in [0.25, 0.3) is 0 Å². The van der Waals surface area contributed by atoms with Crippen molar-refractivity contribution in [2.75, 3.05) is 0 Å². The van der Waals surface area contributed by atoms with Gasteiger partial charge in [-0.3, -0.25) is 0 Å². The van der Waals surface area contributed by atoms with Crippen LogP contribution in [0.4, 0.5) is 0 Å². The Balaban J connectivity index is 2.01. The first-order valence-electron chi connectivity index (χ1n) is 5.41. The van der Waals surface area contributed by atoms with E-state index in [0.717, 1.165) is 0 Å². The van der Waals surface area contributed by atoms with E-state index < -0.39 is 0 Å². The largest absolute Gasteiger partial charge is 0.301 e. The van der Waals surface area contributed by atoms with Gasteiger partial charge in [0.1, 0.15) is 0 Å². The van der Waals surface area contributed by atoms with Gasteiger partial charge in [-0.1, -0.05) is 17.3 Å². The van der Waals surface area contributed by atoms with Crippen LogP contribution in [0.2, 0.25) is 0 Å². The van der Waals surface area contributed by atoms with Crippen LogP contribution in [0, 0.1) is 3.57 Å². The monoisotopic (exact) mass is 343 g/mol. The number of nitrogens with one attached hydrogen (secondary N) is 2. The Morgan fingerprint density at radius 3 is 2.47 bits per heavy atom. The van der Waals surface area contributed by atoms with Gasteiger partial charge in [-0.05, 0) is 54.1 Å². The summed E-state index contributed by atoms with van der Waals surface area (Å²) in [5, 5.41) is 17.4. The molecule has 0 spiro atoms. The fourth-order valence-electron chi connectivity index (χ4n) is 1.65. The number of aromatic nitrogens is 4. The van der Waals surface area contributed by atoms with Gasteiger partial charge in [-0.25, -0.2) is 0 Å². The molecule has 5 nitrogen and oxygen atoms in total. The van der Waals surface area contributed by atoms with E-state index in [1.165, 1.54) is 9.13 Å². The number of halogens is 1. The van der Waals surface area contributed by atoms with Gasteiger partial charge in [0.15, 0.2) is 5.82 Å². The van der Waals surface area contributed by atoms with Gasteiger partial charge in [0.25, 0.3) is 0 Å². The van der Waals surface area contributed by atoms with E-state index in [4.69, 9.17) is 0 Å². The van der Waals surface area contributed by atoms with Crippen molar-refractivity contribution in [3.8, 4) is 0 Å². The number of tetrazole rings is 1. The van der Waals surface area contributed by atoms with Gasteiger partial charge in [0.05, 0.1) is 6.04 Å². The highest BCUT2D eigenvalue weighted by Crippen LogP contribution is 2.17. The van der Waals surface area contributed by atoms with Crippen LogP contribution in [0.3, 0.4) is 0 Å². The first-order valence-corrected chi connectivity index (χ1v) is 6.49. The Morgan fingerprint density at radius 1 is 1.18 bits per heavy atom. The molecule has 1 aromatic heterocycles. The average Bonchev–Trinajstić information content (AvgIpc) is 2.83. The van der Waals surface area contributed by atoms with Gasteiger partial charge in [0.2, 0.25) is 0 Å². The summed E-state index contributed by atoms with van der Waals surface area (Å²) in [5.41, 5.74) is 1.25. The van der Waals surface area contributed by atoms with Crippen LogP contribution >= 0.6 is 22.6 Å². The number of rotatable bonds is 4. The number of aromatic amines is 1. The summed E-state index contributed by atoms with van der Waals surface area (Å²) in [5.74, 6) is 0.683. The Hall–Kier alpha value is -1.02. The normalized spacial score (nSPS) is 14.5. The molecule has 0 aliphatic carbocycles. The maximum atomic E-state index is 3.97. The van der Waals surface area contributed by atoms with Crippen molar-refractivity contribution in [3.63, 3.8) is 0 Å². The molecule has 0 aliphatic rings. The summed E-state index contributed by atoms with van der Waals surface area (Å²) >= 11 is 2.30. The molecule has 0 amide bonds. The van der Waals surface area contributed by atoms with Crippen molar-refractivity contribution in [2.45, 2.75) is 25.9 Å². The number of hydrogen-bond donors (Lipinski definition) is 2. The molecule has 90 valence electrons. The van der Waals surface area contributed by atoms with Crippen molar-refractivity contribution in [2.24, 2.45) is 0 Å². The lowest BCUT2D eigenvalue weighted by molar-refractivity contribution is 0.477. The predicted molar refractivity (Wildman–Crippen MR) is 73.3 cm³/mol. The molecule has 2 atom stereocenters. The molecule has 0 bridgehead atoms. The summed E-state index contributed by atoms with van der Waals surface area (Å²) in [6.45, 7) is 4.15. The third-order valence-electron chi connectivity index (χ3n) is 2.62. The topological polar surface area (TPSA) is 66.5 Å². The first-order chi connectivity index (χ1) is 8.16. The molecule has 2 unspecified atom stereocenters. The molecule has 2 aromatic rings. The Morgan fingerprint density at radius 2 is 1.88 bits per heavy atom. The summed E-state index contributed by atoms with van der Waals surface area (Å²) in [6.07, 6.45) is 0. The summed E-state index contributed by atoms with van der Waals surface area (Å²) < 4.78 is 1.24. The smallest absolute Gasteiger partial charge is 0.191 e. The zero-order chi connectivity index (χ0) is 12.3. The van der Waals surface area contributed by atoms with Crippen LogP contribution in [0.5, 0.6) is 0 Å². The number of benzene rings is 1. The van der Waals surface area contributed by atoms with Gasteiger partial charge in [0, 0.05) is 9.61 Å². The minimum absolute atomic E-state index is 0.0722. The van der Waals surface area contributed by atoms with E-state index >= 15 is 0 Å².